The van der Waals surface area contributed by atoms with E-state index in [1.165, 1.54) is 17.7 Å². The fourth-order valence-corrected chi connectivity index (χ4v) is 4.57. The largest absolute Gasteiger partial charge is 0.379 e. The molecule has 0 unspecified atom stereocenters. The lowest BCUT2D eigenvalue weighted by atomic mass is 10.1. The Bertz CT molecular complexity index is 952. The number of unbranched alkanes of at least 4 members (excludes halogenated alkanes) is 2. The molecule has 15 nitrogen and oxygen atoms in total. The summed E-state index contributed by atoms with van der Waals surface area (Å²) in [6, 6.07) is 6.82. The summed E-state index contributed by atoms with van der Waals surface area (Å²) in [6.07, 6.45) is 3.53. The monoisotopic (exact) mass is 745 g/mol. The van der Waals surface area contributed by atoms with Gasteiger partial charge in [-0.05, 0) is 18.6 Å². The molecule has 1 aliphatic rings. The second-order valence-corrected chi connectivity index (χ2v) is 11.4. The third-order valence-corrected chi connectivity index (χ3v) is 7.32. The molecule has 1 heterocycles. The molecule has 0 saturated carbocycles. The number of imide groups is 1. The molecular weight excluding hydrogens is 682 g/mol. The smallest absolute Gasteiger partial charge is 0.261 e. The summed E-state index contributed by atoms with van der Waals surface area (Å²) in [5.41, 5.74) is 0.884. The molecule has 0 spiro atoms. The van der Waals surface area contributed by atoms with Gasteiger partial charge in [-0.15, -0.1) is 0 Å². The van der Waals surface area contributed by atoms with E-state index < -0.39 is 0 Å². The summed E-state index contributed by atoms with van der Waals surface area (Å²) in [7, 11) is 0. The van der Waals surface area contributed by atoms with Gasteiger partial charge in [-0.2, -0.15) is 0 Å². The zero-order valence-electron chi connectivity index (χ0n) is 31.3. The molecule has 0 bridgehead atoms. The molecule has 1 aliphatic heterocycles. The van der Waals surface area contributed by atoms with Crippen molar-refractivity contribution < 1.29 is 66.4 Å². The SMILES string of the molecule is CCCCCOCCOCCOCCOCCOCCOCCOCCOCCOCCOCCOCCOCCN1C(=O)c2ccccc2C1=O. The lowest BCUT2D eigenvalue weighted by molar-refractivity contribution is -0.0284. The van der Waals surface area contributed by atoms with E-state index in [0.29, 0.717) is 156 Å². The number of nitrogens with zero attached hydrogens (tertiary/aromatic N) is 1. The lowest BCUT2D eigenvalue weighted by Gasteiger charge is -2.13. The summed E-state index contributed by atoms with van der Waals surface area (Å²) in [4.78, 5) is 25.8. The first-order valence-corrected chi connectivity index (χ1v) is 18.6. The summed E-state index contributed by atoms with van der Waals surface area (Å²) < 4.78 is 65.8. The Balaban J connectivity index is 1.15. The molecule has 1 aromatic rings. The van der Waals surface area contributed by atoms with E-state index >= 15 is 0 Å². The van der Waals surface area contributed by atoms with Crippen molar-refractivity contribution in [3.05, 3.63) is 35.4 Å². The van der Waals surface area contributed by atoms with Gasteiger partial charge in [0, 0.05) is 6.61 Å². The number of fused-ring (bicyclic) bond motifs is 1. The fourth-order valence-electron chi connectivity index (χ4n) is 4.57. The van der Waals surface area contributed by atoms with Crippen LogP contribution in [0.5, 0.6) is 0 Å². The van der Waals surface area contributed by atoms with Gasteiger partial charge in [0.25, 0.3) is 11.8 Å². The number of ether oxygens (including phenoxy) is 12. The first kappa shape index (κ1) is 46.0. The Morgan fingerprint density at radius 2 is 0.615 bits per heavy atom. The number of amides is 2. The van der Waals surface area contributed by atoms with E-state index in [0.717, 1.165) is 13.0 Å². The van der Waals surface area contributed by atoms with Gasteiger partial charge in [0.15, 0.2) is 0 Å². The first-order chi connectivity index (χ1) is 25.8. The van der Waals surface area contributed by atoms with Gasteiger partial charge in [0.1, 0.15) is 0 Å². The molecule has 0 atom stereocenters. The lowest BCUT2D eigenvalue weighted by Crippen LogP contribution is -2.33. The molecule has 300 valence electrons. The van der Waals surface area contributed by atoms with E-state index in [9.17, 15) is 9.59 Å². The van der Waals surface area contributed by atoms with Gasteiger partial charge in [0.05, 0.1) is 170 Å². The van der Waals surface area contributed by atoms with Crippen molar-refractivity contribution in [1.29, 1.82) is 0 Å². The zero-order valence-corrected chi connectivity index (χ0v) is 31.3. The molecule has 0 aliphatic carbocycles. The van der Waals surface area contributed by atoms with Gasteiger partial charge in [-0.1, -0.05) is 31.9 Å². The van der Waals surface area contributed by atoms with Gasteiger partial charge in [-0.25, -0.2) is 0 Å². The highest BCUT2D eigenvalue weighted by atomic mass is 16.6. The average molecular weight is 746 g/mol. The summed E-state index contributed by atoms with van der Waals surface area (Å²) in [5.74, 6) is -0.555. The second-order valence-electron chi connectivity index (χ2n) is 11.4. The number of rotatable bonds is 40. The van der Waals surface area contributed by atoms with Crippen LogP contribution in [0.4, 0.5) is 0 Å². The number of carbonyl (C=O) groups is 2. The Labute approximate surface area is 309 Å². The Morgan fingerprint density at radius 3 is 0.885 bits per heavy atom. The zero-order chi connectivity index (χ0) is 37.0. The Morgan fingerprint density at radius 1 is 0.365 bits per heavy atom. The second kappa shape index (κ2) is 34.6. The van der Waals surface area contributed by atoms with Crippen LogP contribution in [-0.4, -0.2) is 182 Å². The predicted octanol–water partition coefficient (Wildman–Crippen LogP) is 2.67. The van der Waals surface area contributed by atoms with Crippen LogP contribution in [-0.2, 0) is 56.8 Å². The van der Waals surface area contributed by atoms with E-state index in [-0.39, 0.29) is 25.0 Å². The average Bonchev–Trinajstić information content (AvgIpc) is 3.40. The summed E-state index contributed by atoms with van der Waals surface area (Å²) in [5, 5.41) is 0. The molecule has 2 rings (SSSR count). The van der Waals surface area contributed by atoms with Crippen LogP contribution >= 0.6 is 0 Å². The van der Waals surface area contributed by atoms with Gasteiger partial charge >= 0.3 is 0 Å². The Kier molecular flexibility index (Phi) is 30.7. The maximum atomic E-state index is 12.3. The van der Waals surface area contributed by atoms with Crippen LogP contribution < -0.4 is 0 Å². The molecule has 0 saturated heterocycles. The molecule has 15 heteroatoms. The van der Waals surface area contributed by atoms with Crippen LogP contribution in [0.3, 0.4) is 0 Å². The molecule has 52 heavy (non-hydrogen) atoms. The van der Waals surface area contributed by atoms with Crippen LogP contribution in [0.15, 0.2) is 24.3 Å². The first-order valence-electron chi connectivity index (χ1n) is 18.6. The fraction of sp³-hybridized carbons (Fsp3) is 0.784. The van der Waals surface area contributed by atoms with E-state index in [1.54, 1.807) is 24.3 Å². The van der Waals surface area contributed by atoms with E-state index in [4.69, 9.17) is 56.8 Å². The third kappa shape index (κ3) is 24.2. The minimum Gasteiger partial charge on any atom is -0.379 e. The molecule has 0 N–H and O–H groups in total. The molecule has 0 fully saturated rings. The van der Waals surface area contributed by atoms with Crippen molar-refractivity contribution in [1.82, 2.24) is 4.90 Å². The van der Waals surface area contributed by atoms with Crippen molar-refractivity contribution in [2.24, 2.45) is 0 Å². The topological polar surface area (TPSA) is 148 Å². The standard InChI is InChI=1S/C37H63NO14/c1-2-3-6-10-41-12-14-43-16-18-45-20-22-47-24-26-49-28-30-51-32-33-52-31-29-50-27-25-48-23-21-46-19-17-44-15-13-42-11-9-38-36(39)34-7-4-5-8-35(34)37(38)40/h4-5,7-8H,2-3,6,9-33H2,1H3. The highest BCUT2D eigenvalue weighted by Crippen LogP contribution is 2.21. The Hall–Kier alpha value is -2.12. The van der Waals surface area contributed by atoms with Crippen molar-refractivity contribution >= 4 is 11.8 Å². The number of hydrogen-bond donors (Lipinski definition) is 0. The maximum absolute atomic E-state index is 12.3. The van der Waals surface area contributed by atoms with Gasteiger partial charge < -0.3 is 56.8 Å². The molecule has 0 radical (unpaired) electrons. The minimum absolute atomic E-state index is 0.214. The van der Waals surface area contributed by atoms with Crippen LogP contribution in [0.1, 0.15) is 46.9 Å². The van der Waals surface area contributed by atoms with Crippen LogP contribution in [0.25, 0.3) is 0 Å². The quantitative estimate of drug-likeness (QED) is 0.0716. The summed E-state index contributed by atoms with van der Waals surface area (Å²) in [6.45, 7) is 14.4. The van der Waals surface area contributed by atoms with Crippen molar-refractivity contribution in [3.63, 3.8) is 0 Å². The molecule has 1 aromatic carbocycles. The van der Waals surface area contributed by atoms with Gasteiger partial charge in [-0.3, -0.25) is 14.5 Å². The normalized spacial score (nSPS) is 12.8. The van der Waals surface area contributed by atoms with Crippen molar-refractivity contribution in [2.45, 2.75) is 26.2 Å². The van der Waals surface area contributed by atoms with Crippen LogP contribution in [0, 0.1) is 0 Å². The minimum atomic E-state index is -0.278. The summed E-state index contributed by atoms with van der Waals surface area (Å²) >= 11 is 0. The number of benzene rings is 1. The highest BCUT2D eigenvalue weighted by Gasteiger charge is 2.34. The van der Waals surface area contributed by atoms with Crippen LogP contribution in [0.2, 0.25) is 0 Å². The van der Waals surface area contributed by atoms with Crippen molar-refractivity contribution in [2.75, 3.05) is 165 Å². The number of hydrogen-bond acceptors (Lipinski definition) is 14. The predicted molar refractivity (Wildman–Crippen MR) is 191 cm³/mol. The van der Waals surface area contributed by atoms with Gasteiger partial charge in [0.2, 0.25) is 0 Å². The third-order valence-electron chi connectivity index (χ3n) is 7.32. The van der Waals surface area contributed by atoms with E-state index in [2.05, 4.69) is 6.92 Å². The molecule has 0 aromatic heterocycles. The number of carbonyl (C=O) groups excluding carboxylic acids is 2. The maximum Gasteiger partial charge on any atom is 0.261 e. The molecular formula is C37H63NO14. The van der Waals surface area contributed by atoms with Crippen molar-refractivity contribution in [3.8, 4) is 0 Å². The molecule has 2 amide bonds. The highest BCUT2D eigenvalue weighted by molar-refractivity contribution is 6.21. The van der Waals surface area contributed by atoms with E-state index in [1.807, 2.05) is 0 Å².